The van der Waals surface area contributed by atoms with E-state index in [0.29, 0.717) is 25.9 Å². The zero-order valence-electron chi connectivity index (χ0n) is 12.3. The van der Waals surface area contributed by atoms with E-state index >= 15 is 0 Å². The fraction of sp³-hybridized carbons (Fsp3) is 0.600. The van der Waals surface area contributed by atoms with Crippen LogP contribution in [0.5, 0.6) is 0 Å². The quantitative estimate of drug-likeness (QED) is 0.833. The number of aliphatic hydroxyl groups excluding tert-OH is 1. The molecule has 0 saturated carbocycles. The first-order valence-corrected chi connectivity index (χ1v) is 7.06. The van der Waals surface area contributed by atoms with Gasteiger partial charge in [-0.05, 0) is 44.7 Å². The lowest BCUT2D eigenvalue weighted by atomic mass is 10.1. The molecule has 110 valence electrons. The lowest BCUT2D eigenvalue weighted by molar-refractivity contribution is 0.0750. The average molecular weight is 278 g/mol. The molecular formula is C15H22N2O3. The number of carbonyl (C=O) groups excluding carboxylic acids is 1. The largest absolute Gasteiger partial charge is 0.393 e. The van der Waals surface area contributed by atoms with Crippen LogP contribution in [0.4, 0.5) is 0 Å². The second kappa shape index (κ2) is 5.79. The van der Waals surface area contributed by atoms with Crippen LogP contribution in [0, 0.1) is 13.8 Å². The molecule has 20 heavy (non-hydrogen) atoms. The lowest BCUT2D eigenvalue weighted by Gasteiger charge is -2.21. The van der Waals surface area contributed by atoms with Gasteiger partial charge in [-0.2, -0.15) is 0 Å². The summed E-state index contributed by atoms with van der Waals surface area (Å²) in [5.74, 6) is -0.220. The standard InChI is InChI=1S/C15H22N2O3/c1-10-9-13(14(19)16(3)11(10)2)15(20)17-7-4-5-12(18)6-8-17/h9,12,18H,4-8H2,1-3H3. The van der Waals surface area contributed by atoms with Crippen LogP contribution in [0.1, 0.15) is 40.9 Å². The Balaban J connectivity index is 2.32. The van der Waals surface area contributed by atoms with E-state index < -0.39 is 0 Å². The molecule has 1 N–H and O–H groups in total. The number of hydrogen-bond donors (Lipinski definition) is 1. The highest BCUT2D eigenvalue weighted by Gasteiger charge is 2.23. The van der Waals surface area contributed by atoms with Crippen molar-refractivity contribution < 1.29 is 9.90 Å². The fourth-order valence-electron chi connectivity index (χ4n) is 2.59. The second-order valence-corrected chi connectivity index (χ2v) is 5.57. The van der Waals surface area contributed by atoms with Gasteiger partial charge in [-0.15, -0.1) is 0 Å². The SMILES string of the molecule is Cc1cc(C(=O)N2CCCC(O)CC2)c(=O)n(C)c1C. The van der Waals surface area contributed by atoms with Gasteiger partial charge < -0.3 is 14.6 Å². The zero-order chi connectivity index (χ0) is 14.9. The number of amides is 1. The predicted molar refractivity (Wildman–Crippen MR) is 76.9 cm³/mol. The van der Waals surface area contributed by atoms with Gasteiger partial charge in [0.15, 0.2) is 0 Å². The molecular weight excluding hydrogens is 256 g/mol. The molecule has 0 aromatic carbocycles. The van der Waals surface area contributed by atoms with Crippen LogP contribution in [0.25, 0.3) is 0 Å². The predicted octanol–water partition coefficient (Wildman–Crippen LogP) is 0.989. The van der Waals surface area contributed by atoms with Crippen molar-refractivity contribution in [1.82, 2.24) is 9.47 Å². The molecule has 0 bridgehead atoms. The van der Waals surface area contributed by atoms with Gasteiger partial charge >= 0.3 is 0 Å². The summed E-state index contributed by atoms with van der Waals surface area (Å²) in [7, 11) is 1.69. The van der Waals surface area contributed by atoms with Gasteiger partial charge in [0, 0.05) is 25.8 Å². The molecule has 1 saturated heterocycles. The first-order valence-electron chi connectivity index (χ1n) is 7.06. The van der Waals surface area contributed by atoms with Gasteiger partial charge in [0.2, 0.25) is 0 Å². The molecule has 2 heterocycles. The first-order chi connectivity index (χ1) is 9.41. The van der Waals surface area contributed by atoms with E-state index in [1.807, 2.05) is 13.8 Å². The van der Waals surface area contributed by atoms with Gasteiger partial charge in [0.05, 0.1) is 6.10 Å². The minimum Gasteiger partial charge on any atom is -0.393 e. The summed E-state index contributed by atoms with van der Waals surface area (Å²) < 4.78 is 1.52. The smallest absolute Gasteiger partial charge is 0.263 e. The maximum Gasteiger partial charge on any atom is 0.263 e. The second-order valence-electron chi connectivity index (χ2n) is 5.57. The third-order valence-electron chi connectivity index (χ3n) is 4.18. The highest BCUT2D eigenvalue weighted by atomic mass is 16.3. The Hall–Kier alpha value is -1.62. The molecule has 1 aromatic heterocycles. The van der Waals surface area contributed by atoms with E-state index in [1.165, 1.54) is 4.57 Å². The summed E-state index contributed by atoms with van der Waals surface area (Å²) in [6.45, 7) is 4.88. The van der Waals surface area contributed by atoms with Crippen molar-refractivity contribution in [2.45, 2.75) is 39.2 Å². The number of nitrogens with zero attached hydrogens (tertiary/aromatic N) is 2. The van der Waals surface area contributed by atoms with Crippen LogP contribution in [0.3, 0.4) is 0 Å². The lowest BCUT2D eigenvalue weighted by Crippen LogP contribution is -2.37. The third kappa shape index (κ3) is 2.77. The highest BCUT2D eigenvalue weighted by molar-refractivity contribution is 5.94. The maximum atomic E-state index is 12.5. The summed E-state index contributed by atoms with van der Waals surface area (Å²) in [6.07, 6.45) is 1.74. The van der Waals surface area contributed by atoms with Gasteiger partial charge in [0.25, 0.3) is 11.5 Å². The summed E-state index contributed by atoms with van der Waals surface area (Å²) in [6, 6.07) is 1.68. The molecule has 1 aromatic rings. The fourth-order valence-corrected chi connectivity index (χ4v) is 2.59. The molecule has 1 aliphatic heterocycles. The highest BCUT2D eigenvalue weighted by Crippen LogP contribution is 2.14. The van der Waals surface area contributed by atoms with Gasteiger partial charge in [-0.25, -0.2) is 0 Å². The van der Waals surface area contributed by atoms with Gasteiger partial charge in [-0.3, -0.25) is 9.59 Å². The van der Waals surface area contributed by atoms with Crippen LogP contribution in [-0.4, -0.2) is 39.7 Å². The Morgan fingerprint density at radius 3 is 2.70 bits per heavy atom. The van der Waals surface area contributed by atoms with Crippen LogP contribution in [0.15, 0.2) is 10.9 Å². The molecule has 0 spiro atoms. The first kappa shape index (κ1) is 14.8. The maximum absolute atomic E-state index is 12.5. The van der Waals surface area contributed by atoms with Crippen LogP contribution >= 0.6 is 0 Å². The molecule has 2 rings (SSSR count). The molecule has 1 amide bonds. The Morgan fingerprint density at radius 2 is 2.00 bits per heavy atom. The van der Waals surface area contributed by atoms with E-state index in [1.54, 1.807) is 18.0 Å². The Labute approximate surface area is 118 Å². The van der Waals surface area contributed by atoms with Crippen molar-refractivity contribution in [2.24, 2.45) is 7.05 Å². The van der Waals surface area contributed by atoms with Crippen molar-refractivity contribution >= 4 is 5.91 Å². The summed E-state index contributed by atoms with van der Waals surface area (Å²) >= 11 is 0. The van der Waals surface area contributed by atoms with Gasteiger partial charge in [-0.1, -0.05) is 0 Å². The van der Waals surface area contributed by atoms with E-state index in [2.05, 4.69) is 0 Å². The molecule has 1 fully saturated rings. The van der Waals surface area contributed by atoms with Crippen molar-refractivity contribution in [3.63, 3.8) is 0 Å². The number of hydrogen-bond acceptors (Lipinski definition) is 3. The monoisotopic (exact) mass is 278 g/mol. The van der Waals surface area contributed by atoms with Crippen molar-refractivity contribution in [3.8, 4) is 0 Å². The van der Waals surface area contributed by atoms with Crippen molar-refractivity contribution in [2.75, 3.05) is 13.1 Å². The van der Waals surface area contributed by atoms with E-state index in [9.17, 15) is 14.7 Å². The Morgan fingerprint density at radius 1 is 1.30 bits per heavy atom. The van der Waals surface area contributed by atoms with Crippen LogP contribution in [0.2, 0.25) is 0 Å². The number of likely N-dealkylation sites (tertiary alicyclic amines) is 1. The van der Waals surface area contributed by atoms with Crippen molar-refractivity contribution in [1.29, 1.82) is 0 Å². The average Bonchev–Trinajstić information content (AvgIpc) is 2.64. The topological polar surface area (TPSA) is 62.5 Å². The third-order valence-corrected chi connectivity index (χ3v) is 4.18. The Kier molecular flexibility index (Phi) is 4.28. The summed E-state index contributed by atoms with van der Waals surface area (Å²) in [5, 5.41) is 9.63. The molecule has 5 nitrogen and oxygen atoms in total. The van der Waals surface area contributed by atoms with Crippen molar-refractivity contribution in [3.05, 3.63) is 33.2 Å². The molecule has 1 unspecified atom stereocenters. The normalized spacial score (nSPS) is 19.8. The minimum atomic E-state index is -0.338. The summed E-state index contributed by atoms with van der Waals surface area (Å²) in [4.78, 5) is 26.5. The molecule has 0 aliphatic carbocycles. The molecule has 1 aliphatic rings. The number of rotatable bonds is 1. The molecule has 0 radical (unpaired) electrons. The number of aromatic nitrogens is 1. The summed E-state index contributed by atoms with van der Waals surface area (Å²) in [5.41, 5.74) is 1.79. The molecule has 1 atom stereocenters. The zero-order valence-corrected chi connectivity index (χ0v) is 12.3. The number of aliphatic hydroxyl groups is 1. The van der Waals surface area contributed by atoms with E-state index in [-0.39, 0.29) is 23.1 Å². The number of aryl methyl sites for hydroxylation is 1. The Bertz CT molecular complexity index is 577. The number of pyridine rings is 1. The number of carbonyl (C=O) groups is 1. The van der Waals surface area contributed by atoms with E-state index in [0.717, 1.165) is 17.7 Å². The minimum absolute atomic E-state index is 0.220. The van der Waals surface area contributed by atoms with Gasteiger partial charge in [0.1, 0.15) is 5.56 Å². The van der Waals surface area contributed by atoms with E-state index in [4.69, 9.17) is 0 Å². The van der Waals surface area contributed by atoms with Crippen LogP contribution in [-0.2, 0) is 7.05 Å². The molecule has 5 heteroatoms. The van der Waals surface area contributed by atoms with Crippen LogP contribution < -0.4 is 5.56 Å².